The zero-order valence-electron chi connectivity index (χ0n) is 9.71. The van der Waals surface area contributed by atoms with Gasteiger partial charge in [-0.2, -0.15) is 0 Å². The highest BCUT2D eigenvalue weighted by Crippen LogP contribution is 2.24. The maximum absolute atomic E-state index is 11.8. The average molecular weight is 252 g/mol. The first-order valence-electron chi connectivity index (χ1n) is 5.12. The van der Waals surface area contributed by atoms with Crippen molar-refractivity contribution in [1.82, 2.24) is 0 Å². The Morgan fingerprint density at radius 2 is 2.11 bits per heavy atom. The van der Waals surface area contributed by atoms with Crippen molar-refractivity contribution < 1.29 is 19.2 Å². The molecule has 0 radical (unpaired) electrons. The normalized spacial score (nSPS) is 9.89. The Balaban J connectivity index is 3.43. The number of benzene rings is 1. The number of hydrogen-bond acceptors (Lipinski definition) is 6. The zero-order valence-corrected chi connectivity index (χ0v) is 9.71. The van der Waals surface area contributed by atoms with Crippen LogP contribution in [0.4, 0.5) is 5.69 Å². The van der Waals surface area contributed by atoms with Crippen LogP contribution in [0.2, 0.25) is 0 Å². The van der Waals surface area contributed by atoms with E-state index < -0.39 is 22.4 Å². The number of ether oxygens (including phenoxy) is 1. The van der Waals surface area contributed by atoms with Crippen LogP contribution >= 0.6 is 0 Å². The van der Waals surface area contributed by atoms with Gasteiger partial charge in [-0.1, -0.05) is 6.07 Å². The molecule has 0 heterocycles. The summed E-state index contributed by atoms with van der Waals surface area (Å²) in [5.41, 5.74) is 4.45. The van der Waals surface area contributed by atoms with Gasteiger partial charge in [-0.25, -0.2) is 4.79 Å². The molecule has 2 N–H and O–H groups in total. The van der Waals surface area contributed by atoms with E-state index in [1.807, 2.05) is 0 Å². The highest BCUT2D eigenvalue weighted by atomic mass is 16.6. The number of nitrogens with zero attached hydrogens (tertiary/aromatic N) is 1. The van der Waals surface area contributed by atoms with Gasteiger partial charge in [0.05, 0.1) is 17.6 Å². The quantitative estimate of drug-likeness (QED) is 0.360. The molecule has 1 rings (SSSR count). The fourth-order valence-electron chi connectivity index (χ4n) is 1.52. The molecule has 0 fully saturated rings. The lowest BCUT2D eigenvalue weighted by Gasteiger charge is -2.07. The van der Waals surface area contributed by atoms with Crippen LogP contribution in [0.5, 0.6) is 0 Å². The Morgan fingerprint density at radius 3 is 2.61 bits per heavy atom. The number of Topliss-reactive ketones (excluding diaryl/α,β-unsaturated/α-hetero) is 1. The van der Waals surface area contributed by atoms with Crippen LogP contribution in [0.3, 0.4) is 0 Å². The van der Waals surface area contributed by atoms with Crippen molar-refractivity contribution in [1.29, 1.82) is 0 Å². The van der Waals surface area contributed by atoms with Gasteiger partial charge in [0, 0.05) is 12.5 Å². The maximum Gasteiger partial charge on any atom is 0.338 e. The number of nitro groups is 1. The molecule has 0 spiro atoms. The molecule has 0 aromatic heterocycles. The number of nitrogens with two attached hydrogens (primary N) is 1. The van der Waals surface area contributed by atoms with Crippen LogP contribution in [-0.4, -0.2) is 30.3 Å². The Kier molecular flexibility index (Phi) is 4.50. The molecule has 0 aliphatic rings. The standard InChI is InChI=1S/C11H12N2O5/c1-18-11(15)7-3-2-4-8(13(16)17)10(7)9(14)5-6-12/h2-4H,5-6,12H2,1H3. The lowest BCUT2D eigenvalue weighted by molar-refractivity contribution is -0.385. The molecule has 0 unspecified atom stereocenters. The van der Waals surface area contributed by atoms with Crippen molar-refractivity contribution >= 4 is 17.4 Å². The Hall–Kier alpha value is -2.28. The van der Waals surface area contributed by atoms with E-state index in [0.717, 1.165) is 13.2 Å². The van der Waals surface area contributed by atoms with Crippen LogP contribution in [0.15, 0.2) is 18.2 Å². The second-order valence-electron chi connectivity index (χ2n) is 3.41. The molecule has 1 aromatic rings. The molecule has 7 heteroatoms. The van der Waals surface area contributed by atoms with Gasteiger partial charge in [-0.3, -0.25) is 14.9 Å². The second kappa shape index (κ2) is 5.87. The van der Waals surface area contributed by atoms with E-state index in [4.69, 9.17) is 5.73 Å². The lowest BCUT2D eigenvalue weighted by atomic mass is 9.99. The summed E-state index contributed by atoms with van der Waals surface area (Å²) < 4.78 is 4.49. The third kappa shape index (κ3) is 2.69. The highest BCUT2D eigenvalue weighted by molar-refractivity contribution is 6.09. The summed E-state index contributed by atoms with van der Waals surface area (Å²) in [6, 6.07) is 3.79. The first-order chi connectivity index (χ1) is 8.52. The number of rotatable bonds is 5. The first kappa shape index (κ1) is 13.8. The summed E-state index contributed by atoms with van der Waals surface area (Å²) in [4.78, 5) is 33.5. The van der Waals surface area contributed by atoms with E-state index in [1.54, 1.807) is 0 Å². The zero-order chi connectivity index (χ0) is 13.7. The maximum atomic E-state index is 11.8. The average Bonchev–Trinajstić information content (AvgIpc) is 2.37. The highest BCUT2D eigenvalue weighted by Gasteiger charge is 2.26. The summed E-state index contributed by atoms with van der Waals surface area (Å²) in [6.45, 7) is 0.0471. The molecule has 0 saturated heterocycles. The minimum Gasteiger partial charge on any atom is -0.465 e. The minimum absolute atomic E-state index is 0.0471. The number of nitro benzene ring substituents is 1. The van der Waals surface area contributed by atoms with Crippen LogP contribution in [0, 0.1) is 10.1 Å². The number of methoxy groups -OCH3 is 1. The molecular weight excluding hydrogens is 240 g/mol. The monoisotopic (exact) mass is 252 g/mol. The van der Waals surface area contributed by atoms with Gasteiger partial charge in [-0.05, 0) is 12.6 Å². The van der Waals surface area contributed by atoms with E-state index >= 15 is 0 Å². The smallest absolute Gasteiger partial charge is 0.338 e. The van der Waals surface area contributed by atoms with Gasteiger partial charge in [0.1, 0.15) is 5.56 Å². The van der Waals surface area contributed by atoms with E-state index in [9.17, 15) is 19.7 Å². The number of carbonyl (C=O) groups excluding carboxylic acids is 2. The summed E-state index contributed by atoms with van der Waals surface area (Å²) in [5.74, 6) is -1.34. The second-order valence-corrected chi connectivity index (χ2v) is 3.41. The topological polar surface area (TPSA) is 113 Å². The van der Waals surface area contributed by atoms with Crippen LogP contribution in [0.25, 0.3) is 0 Å². The molecule has 0 bridgehead atoms. The number of hydrogen-bond donors (Lipinski definition) is 1. The molecule has 0 aliphatic carbocycles. The number of ketones is 1. The molecule has 7 nitrogen and oxygen atoms in total. The van der Waals surface area contributed by atoms with Gasteiger partial charge in [-0.15, -0.1) is 0 Å². The molecular formula is C11H12N2O5. The van der Waals surface area contributed by atoms with Crippen molar-refractivity contribution in [2.24, 2.45) is 5.73 Å². The van der Waals surface area contributed by atoms with Crippen LogP contribution in [-0.2, 0) is 4.74 Å². The van der Waals surface area contributed by atoms with Crippen LogP contribution in [0.1, 0.15) is 27.1 Å². The van der Waals surface area contributed by atoms with Gasteiger partial charge in [0.25, 0.3) is 5.69 Å². The van der Waals surface area contributed by atoms with Gasteiger partial charge in [0.2, 0.25) is 0 Å². The summed E-state index contributed by atoms with van der Waals surface area (Å²) in [6.07, 6.45) is -0.0746. The van der Waals surface area contributed by atoms with Crippen molar-refractivity contribution in [2.45, 2.75) is 6.42 Å². The first-order valence-corrected chi connectivity index (χ1v) is 5.12. The van der Waals surface area contributed by atoms with Crippen molar-refractivity contribution in [3.05, 3.63) is 39.4 Å². The third-order valence-electron chi connectivity index (χ3n) is 2.29. The summed E-state index contributed by atoms with van der Waals surface area (Å²) >= 11 is 0. The Morgan fingerprint density at radius 1 is 1.44 bits per heavy atom. The van der Waals surface area contributed by atoms with Crippen molar-refractivity contribution in [3.63, 3.8) is 0 Å². The van der Waals surface area contributed by atoms with Crippen LogP contribution < -0.4 is 5.73 Å². The third-order valence-corrected chi connectivity index (χ3v) is 2.29. The van der Waals surface area contributed by atoms with E-state index in [2.05, 4.69) is 4.74 Å². The van der Waals surface area contributed by atoms with E-state index in [1.165, 1.54) is 12.1 Å². The molecule has 0 atom stereocenters. The fraction of sp³-hybridized carbons (Fsp3) is 0.273. The molecule has 0 amide bonds. The van der Waals surface area contributed by atoms with Crippen molar-refractivity contribution in [2.75, 3.05) is 13.7 Å². The minimum atomic E-state index is -0.793. The largest absolute Gasteiger partial charge is 0.465 e. The predicted octanol–water partition coefficient (Wildman–Crippen LogP) is 0.913. The number of carbonyl (C=O) groups is 2. The molecule has 1 aromatic carbocycles. The Labute approximate surface area is 103 Å². The number of esters is 1. The summed E-state index contributed by atoms with van der Waals surface area (Å²) in [5, 5.41) is 10.9. The molecule has 0 saturated carbocycles. The van der Waals surface area contributed by atoms with E-state index in [-0.39, 0.29) is 24.1 Å². The lowest BCUT2D eigenvalue weighted by Crippen LogP contribution is -2.15. The van der Waals surface area contributed by atoms with Gasteiger partial charge < -0.3 is 10.5 Å². The van der Waals surface area contributed by atoms with Gasteiger partial charge >= 0.3 is 5.97 Å². The van der Waals surface area contributed by atoms with E-state index in [0.29, 0.717) is 0 Å². The SMILES string of the molecule is COC(=O)c1cccc([N+](=O)[O-])c1C(=O)CCN. The summed E-state index contributed by atoms with van der Waals surface area (Å²) in [7, 11) is 1.14. The molecule has 0 aliphatic heterocycles. The Bertz CT molecular complexity index is 498. The predicted molar refractivity (Wildman–Crippen MR) is 62.4 cm³/mol. The molecule has 18 heavy (non-hydrogen) atoms. The fourth-order valence-corrected chi connectivity index (χ4v) is 1.52. The van der Waals surface area contributed by atoms with Crippen molar-refractivity contribution in [3.8, 4) is 0 Å². The molecule has 96 valence electrons. The van der Waals surface area contributed by atoms with Gasteiger partial charge in [0.15, 0.2) is 5.78 Å².